The van der Waals surface area contributed by atoms with Gasteiger partial charge in [-0.25, -0.2) is 0 Å². The molecule has 2 N–H and O–H groups in total. The van der Waals surface area contributed by atoms with Crippen LogP contribution in [0.4, 0.5) is 0 Å². The van der Waals surface area contributed by atoms with Crippen LogP contribution in [-0.4, -0.2) is 0 Å². The molecule has 0 bridgehead atoms. The molecule has 1 aromatic carbocycles. The van der Waals surface area contributed by atoms with Crippen LogP contribution in [0.5, 0.6) is 0 Å². The average molecular weight is 175 g/mol. The van der Waals surface area contributed by atoms with Crippen LogP contribution >= 0.6 is 0 Å². The molecule has 13 heavy (non-hydrogen) atoms. The minimum Gasteiger partial charge on any atom is -0.324 e. The van der Waals surface area contributed by atoms with Crippen LogP contribution in [0.15, 0.2) is 18.2 Å². The number of benzene rings is 1. The fraction of sp³-hybridized carbons (Fsp3) is 0.500. The van der Waals surface area contributed by atoms with E-state index in [4.69, 9.17) is 5.73 Å². The van der Waals surface area contributed by atoms with Crippen molar-refractivity contribution in [1.82, 2.24) is 0 Å². The van der Waals surface area contributed by atoms with Crippen molar-refractivity contribution in [3.63, 3.8) is 0 Å². The van der Waals surface area contributed by atoms with Crippen molar-refractivity contribution < 1.29 is 0 Å². The molecule has 2 rings (SSSR count). The summed E-state index contributed by atoms with van der Waals surface area (Å²) >= 11 is 0. The molecule has 1 nitrogen and oxygen atoms in total. The lowest BCUT2D eigenvalue weighted by molar-refractivity contribution is 0.713. The van der Waals surface area contributed by atoms with Crippen LogP contribution in [0.3, 0.4) is 0 Å². The zero-order valence-corrected chi connectivity index (χ0v) is 8.22. The van der Waals surface area contributed by atoms with Crippen molar-refractivity contribution in [3.8, 4) is 0 Å². The fourth-order valence-corrected chi connectivity index (χ4v) is 2.15. The number of hydrogen-bond donors (Lipinski definition) is 1. The Bertz CT molecular complexity index is 304. The van der Waals surface area contributed by atoms with Gasteiger partial charge in [0.1, 0.15) is 0 Å². The van der Waals surface area contributed by atoms with Gasteiger partial charge < -0.3 is 5.73 Å². The summed E-state index contributed by atoms with van der Waals surface area (Å²) in [5.74, 6) is 0. The average Bonchev–Trinajstić information content (AvgIpc) is 2.48. The van der Waals surface area contributed by atoms with E-state index in [-0.39, 0.29) is 0 Å². The van der Waals surface area contributed by atoms with Gasteiger partial charge in [0, 0.05) is 6.04 Å². The zero-order valence-electron chi connectivity index (χ0n) is 8.22. The molecule has 0 heterocycles. The summed E-state index contributed by atoms with van der Waals surface area (Å²) in [5, 5.41) is 0. The fourth-order valence-electron chi connectivity index (χ4n) is 2.15. The highest BCUT2D eigenvalue weighted by molar-refractivity contribution is 5.37. The first kappa shape index (κ1) is 8.76. The highest BCUT2D eigenvalue weighted by Crippen LogP contribution is 2.29. The van der Waals surface area contributed by atoms with E-state index < -0.39 is 0 Å². The summed E-state index contributed by atoms with van der Waals surface area (Å²) < 4.78 is 0. The van der Waals surface area contributed by atoms with Crippen LogP contribution < -0.4 is 5.73 Å². The van der Waals surface area contributed by atoms with Gasteiger partial charge >= 0.3 is 0 Å². The van der Waals surface area contributed by atoms with E-state index in [1.165, 1.54) is 36.0 Å². The summed E-state index contributed by atoms with van der Waals surface area (Å²) in [4.78, 5) is 0. The molecule has 0 aliphatic heterocycles. The van der Waals surface area contributed by atoms with E-state index in [0.717, 1.165) is 6.42 Å². The van der Waals surface area contributed by atoms with Crippen molar-refractivity contribution in [2.45, 2.75) is 38.6 Å². The van der Waals surface area contributed by atoms with Crippen molar-refractivity contribution in [1.29, 1.82) is 0 Å². The lowest BCUT2D eigenvalue weighted by Gasteiger charge is -2.06. The normalized spacial score (nSPS) is 20.3. The molecule has 0 spiro atoms. The Labute approximate surface area is 80.0 Å². The topological polar surface area (TPSA) is 26.0 Å². The second kappa shape index (κ2) is 3.51. The quantitative estimate of drug-likeness (QED) is 0.734. The molecular formula is C12H17N. The molecule has 70 valence electrons. The number of nitrogens with two attached hydrogens (primary N) is 1. The highest BCUT2D eigenvalue weighted by Gasteiger charge is 2.18. The predicted octanol–water partition coefficient (Wildman–Crippen LogP) is 2.59. The minimum atomic E-state index is 0.297. The van der Waals surface area contributed by atoms with Gasteiger partial charge in [0.15, 0.2) is 0 Å². The Morgan fingerprint density at radius 1 is 1.46 bits per heavy atom. The number of aryl methyl sites for hydroxylation is 2. The van der Waals surface area contributed by atoms with E-state index in [9.17, 15) is 0 Å². The molecule has 0 fully saturated rings. The molecule has 1 heteroatoms. The van der Waals surface area contributed by atoms with Crippen LogP contribution in [0.2, 0.25) is 0 Å². The Morgan fingerprint density at radius 2 is 2.31 bits per heavy atom. The molecule has 0 amide bonds. The van der Waals surface area contributed by atoms with Crippen molar-refractivity contribution in [3.05, 3.63) is 34.9 Å². The van der Waals surface area contributed by atoms with E-state index in [1.807, 2.05) is 0 Å². The zero-order chi connectivity index (χ0) is 9.26. The van der Waals surface area contributed by atoms with Gasteiger partial charge in [0.2, 0.25) is 0 Å². The van der Waals surface area contributed by atoms with Crippen LogP contribution in [-0.2, 0) is 12.8 Å². The van der Waals surface area contributed by atoms with Gasteiger partial charge in [0.25, 0.3) is 0 Å². The standard InChI is InChI=1S/C12H17N/c1-2-3-9-4-6-11-10(8-9)5-7-12(11)13/h4,6,8,12H,2-3,5,7,13H2,1H3/t12-/m1/s1. The van der Waals surface area contributed by atoms with Crippen LogP contribution in [0.25, 0.3) is 0 Å². The minimum absolute atomic E-state index is 0.297. The molecule has 0 unspecified atom stereocenters. The molecule has 0 aromatic heterocycles. The maximum atomic E-state index is 5.97. The highest BCUT2D eigenvalue weighted by atomic mass is 14.6. The first-order valence-corrected chi connectivity index (χ1v) is 5.18. The van der Waals surface area contributed by atoms with Crippen molar-refractivity contribution in [2.24, 2.45) is 5.73 Å². The molecule has 0 radical (unpaired) electrons. The third-order valence-corrected chi connectivity index (χ3v) is 2.87. The Kier molecular flexibility index (Phi) is 2.36. The Balaban J connectivity index is 2.29. The van der Waals surface area contributed by atoms with Gasteiger partial charge in [-0.05, 0) is 36.0 Å². The smallest absolute Gasteiger partial charge is 0.0300 e. The lowest BCUT2D eigenvalue weighted by Crippen LogP contribution is -2.04. The van der Waals surface area contributed by atoms with Crippen molar-refractivity contribution >= 4 is 0 Å². The van der Waals surface area contributed by atoms with Gasteiger partial charge in [-0.1, -0.05) is 31.5 Å². The van der Waals surface area contributed by atoms with Crippen LogP contribution in [0.1, 0.15) is 42.5 Å². The third-order valence-electron chi connectivity index (χ3n) is 2.87. The van der Waals surface area contributed by atoms with Gasteiger partial charge in [-0.2, -0.15) is 0 Å². The molecule has 1 aliphatic carbocycles. The SMILES string of the molecule is CCCc1ccc2c(c1)CC[C@H]2N. The molecular weight excluding hydrogens is 158 g/mol. The van der Waals surface area contributed by atoms with Gasteiger partial charge in [-0.3, -0.25) is 0 Å². The monoisotopic (exact) mass is 175 g/mol. The van der Waals surface area contributed by atoms with E-state index in [1.54, 1.807) is 0 Å². The molecule has 1 aromatic rings. The van der Waals surface area contributed by atoms with E-state index >= 15 is 0 Å². The van der Waals surface area contributed by atoms with E-state index in [2.05, 4.69) is 25.1 Å². The summed E-state index contributed by atoms with van der Waals surface area (Å²) in [6.45, 7) is 2.22. The van der Waals surface area contributed by atoms with Crippen LogP contribution in [0, 0.1) is 0 Å². The Morgan fingerprint density at radius 3 is 3.08 bits per heavy atom. The lowest BCUT2D eigenvalue weighted by atomic mass is 10.0. The second-order valence-corrected chi connectivity index (χ2v) is 3.93. The first-order chi connectivity index (χ1) is 6.31. The van der Waals surface area contributed by atoms with Crippen molar-refractivity contribution in [2.75, 3.05) is 0 Å². The maximum Gasteiger partial charge on any atom is 0.0300 e. The summed E-state index contributed by atoms with van der Waals surface area (Å²) in [6.07, 6.45) is 4.73. The third kappa shape index (κ3) is 1.61. The molecule has 0 saturated heterocycles. The molecule has 1 atom stereocenters. The predicted molar refractivity (Wildman–Crippen MR) is 55.7 cm³/mol. The Hall–Kier alpha value is -0.820. The second-order valence-electron chi connectivity index (χ2n) is 3.93. The van der Waals surface area contributed by atoms with Gasteiger partial charge in [0.05, 0.1) is 0 Å². The van der Waals surface area contributed by atoms with E-state index in [0.29, 0.717) is 6.04 Å². The molecule has 1 aliphatic rings. The first-order valence-electron chi connectivity index (χ1n) is 5.18. The number of rotatable bonds is 2. The molecule has 0 saturated carbocycles. The summed E-state index contributed by atoms with van der Waals surface area (Å²) in [6, 6.07) is 7.09. The largest absolute Gasteiger partial charge is 0.324 e. The summed E-state index contributed by atoms with van der Waals surface area (Å²) in [5.41, 5.74) is 10.3. The number of fused-ring (bicyclic) bond motifs is 1. The maximum absolute atomic E-state index is 5.97. The summed E-state index contributed by atoms with van der Waals surface area (Å²) in [7, 11) is 0. The number of hydrogen-bond acceptors (Lipinski definition) is 1. The van der Waals surface area contributed by atoms with Gasteiger partial charge in [-0.15, -0.1) is 0 Å².